The summed E-state index contributed by atoms with van der Waals surface area (Å²) in [4.78, 5) is 1.30. The Labute approximate surface area is 84.7 Å². The summed E-state index contributed by atoms with van der Waals surface area (Å²) in [7, 11) is 0. The molecular formula is C11H17NS. The van der Waals surface area contributed by atoms with Crippen molar-refractivity contribution in [2.45, 2.75) is 30.4 Å². The molecule has 0 aliphatic rings. The first-order valence-corrected chi connectivity index (χ1v) is 5.31. The fourth-order valence-corrected chi connectivity index (χ4v) is 2.15. The summed E-state index contributed by atoms with van der Waals surface area (Å²) in [5.74, 6) is 0. The maximum atomic E-state index is 5.67. The molecule has 2 N–H and O–H groups in total. The minimum atomic E-state index is 0.133. The van der Waals surface area contributed by atoms with Crippen molar-refractivity contribution in [3.05, 3.63) is 29.8 Å². The average Bonchev–Trinajstić information content (AvgIpc) is 2.03. The average molecular weight is 195 g/mol. The molecule has 0 fully saturated rings. The van der Waals surface area contributed by atoms with E-state index >= 15 is 0 Å². The highest BCUT2D eigenvalue weighted by Crippen LogP contribution is 2.31. The lowest BCUT2D eigenvalue weighted by Gasteiger charge is -2.21. The van der Waals surface area contributed by atoms with Crippen molar-refractivity contribution in [2.24, 2.45) is 5.73 Å². The lowest BCUT2D eigenvalue weighted by atomic mass is 10.2. The van der Waals surface area contributed by atoms with Gasteiger partial charge in [0.15, 0.2) is 0 Å². The van der Waals surface area contributed by atoms with E-state index in [1.54, 1.807) is 0 Å². The molecule has 72 valence electrons. The Hall–Kier alpha value is -0.470. The molecule has 0 aromatic heterocycles. The van der Waals surface area contributed by atoms with E-state index in [-0.39, 0.29) is 4.75 Å². The molecule has 1 nitrogen and oxygen atoms in total. The Morgan fingerprint density at radius 1 is 1.38 bits per heavy atom. The summed E-state index contributed by atoms with van der Waals surface area (Å²) < 4.78 is 0.133. The summed E-state index contributed by atoms with van der Waals surface area (Å²) in [5.41, 5.74) is 6.97. The van der Waals surface area contributed by atoms with Crippen molar-refractivity contribution < 1.29 is 0 Å². The third-order valence-corrected chi connectivity index (χ3v) is 3.08. The Morgan fingerprint density at radius 2 is 2.08 bits per heavy atom. The van der Waals surface area contributed by atoms with Crippen molar-refractivity contribution in [2.75, 3.05) is 6.54 Å². The second-order valence-corrected chi connectivity index (χ2v) is 5.66. The molecule has 0 spiro atoms. The van der Waals surface area contributed by atoms with Crippen molar-refractivity contribution in [3.63, 3.8) is 0 Å². The first kappa shape index (κ1) is 10.6. The third kappa shape index (κ3) is 3.41. The first-order valence-electron chi connectivity index (χ1n) is 4.49. The van der Waals surface area contributed by atoms with Gasteiger partial charge in [0.25, 0.3) is 0 Å². The van der Waals surface area contributed by atoms with E-state index in [9.17, 15) is 0 Å². The number of thioether (sulfide) groups is 1. The molecule has 0 radical (unpaired) electrons. The van der Waals surface area contributed by atoms with Crippen LogP contribution in [0.3, 0.4) is 0 Å². The standard InChI is InChI=1S/C11H17NS/c1-9-5-4-6-10(7-9)13-11(2,3)8-12/h4-7H,8,12H2,1-3H3. The number of nitrogens with two attached hydrogens (primary N) is 1. The van der Waals surface area contributed by atoms with Crippen LogP contribution in [0.25, 0.3) is 0 Å². The van der Waals surface area contributed by atoms with Gasteiger partial charge >= 0.3 is 0 Å². The van der Waals surface area contributed by atoms with Gasteiger partial charge in [-0.25, -0.2) is 0 Å². The van der Waals surface area contributed by atoms with Gasteiger partial charge in [-0.3, -0.25) is 0 Å². The van der Waals surface area contributed by atoms with Gasteiger partial charge in [-0.1, -0.05) is 17.7 Å². The number of aryl methyl sites for hydroxylation is 1. The monoisotopic (exact) mass is 195 g/mol. The van der Waals surface area contributed by atoms with Crippen molar-refractivity contribution in [1.82, 2.24) is 0 Å². The van der Waals surface area contributed by atoms with Crippen LogP contribution in [0.5, 0.6) is 0 Å². The SMILES string of the molecule is Cc1cccc(SC(C)(C)CN)c1. The highest BCUT2D eigenvalue weighted by Gasteiger charge is 2.16. The molecule has 0 saturated heterocycles. The van der Waals surface area contributed by atoms with E-state index in [0.29, 0.717) is 6.54 Å². The highest BCUT2D eigenvalue weighted by atomic mass is 32.2. The summed E-state index contributed by atoms with van der Waals surface area (Å²) >= 11 is 1.84. The zero-order valence-corrected chi connectivity index (χ0v) is 9.32. The van der Waals surface area contributed by atoms with E-state index in [1.165, 1.54) is 10.5 Å². The quantitative estimate of drug-likeness (QED) is 0.751. The molecule has 0 amide bonds. The molecule has 0 heterocycles. The molecular weight excluding hydrogens is 178 g/mol. The molecule has 0 unspecified atom stereocenters. The highest BCUT2D eigenvalue weighted by molar-refractivity contribution is 8.00. The zero-order chi connectivity index (χ0) is 9.90. The van der Waals surface area contributed by atoms with Gasteiger partial charge in [0.2, 0.25) is 0 Å². The van der Waals surface area contributed by atoms with Crippen LogP contribution in [-0.4, -0.2) is 11.3 Å². The molecule has 2 heteroatoms. The summed E-state index contributed by atoms with van der Waals surface area (Å²) in [6, 6.07) is 8.53. The maximum absolute atomic E-state index is 5.67. The third-order valence-electron chi connectivity index (χ3n) is 1.88. The van der Waals surface area contributed by atoms with Crippen LogP contribution in [0.4, 0.5) is 0 Å². The van der Waals surface area contributed by atoms with Crippen LogP contribution in [0.15, 0.2) is 29.2 Å². The number of hydrogen-bond acceptors (Lipinski definition) is 2. The van der Waals surface area contributed by atoms with Crippen LogP contribution < -0.4 is 5.73 Å². The maximum Gasteiger partial charge on any atom is 0.0273 e. The summed E-state index contributed by atoms with van der Waals surface area (Å²) in [6.07, 6.45) is 0. The Bertz CT molecular complexity index is 281. The van der Waals surface area contributed by atoms with E-state index in [1.807, 2.05) is 11.8 Å². The molecule has 1 aromatic carbocycles. The lowest BCUT2D eigenvalue weighted by molar-refractivity contribution is 0.723. The Balaban J connectivity index is 2.74. The van der Waals surface area contributed by atoms with Crippen molar-refractivity contribution in [1.29, 1.82) is 0 Å². The zero-order valence-electron chi connectivity index (χ0n) is 8.50. The fraction of sp³-hybridized carbons (Fsp3) is 0.455. The minimum Gasteiger partial charge on any atom is -0.329 e. The molecule has 1 aromatic rings. The van der Waals surface area contributed by atoms with Crippen LogP contribution in [-0.2, 0) is 0 Å². The minimum absolute atomic E-state index is 0.133. The fourth-order valence-electron chi connectivity index (χ4n) is 1.04. The number of hydrogen-bond donors (Lipinski definition) is 1. The predicted molar refractivity (Wildman–Crippen MR) is 60.2 cm³/mol. The van der Waals surface area contributed by atoms with Crippen molar-refractivity contribution in [3.8, 4) is 0 Å². The smallest absolute Gasteiger partial charge is 0.0273 e. The lowest BCUT2D eigenvalue weighted by Crippen LogP contribution is -2.26. The number of rotatable bonds is 3. The first-order chi connectivity index (χ1) is 6.03. The van der Waals surface area contributed by atoms with E-state index in [2.05, 4.69) is 45.0 Å². The normalized spacial score (nSPS) is 11.7. The van der Waals surface area contributed by atoms with Crippen LogP contribution in [0.2, 0.25) is 0 Å². The molecule has 0 aliphatic carbocycles. The van der Waals surface area contributed by atoms with Gasteiger partial charge in [-0.2, -0.15) is 0 Å². The Kier molecular flexibility index (Phi) is 3.40. The topological polar surface area (TPSA) is 26.0 Å². The number of benzene rings is 1. The molecule has 1 rings (SSSR count). The van der Waals surface area contributed by atoms with Crippen LogP contribution in [0, 0.1) is 6.92 Å². The predicted octanol–water partition coefficient (Wildman–Crippen LogP) is 2.82. The summed E-state index contributed by atoms with van der Waals surface area (Å²) in [6.45, 7) is 7.14. The molecule has 0 saturated carbocycles. The molecule has 0 atom stereocenters. The van der Waals surface area contributed by atoms with Gasteiger partial charge < -0.3 is 5.73 Å². The largest absolute Gasteiger partial charge is 0.329 e. The van der Waals surface area contributed by atoms with E-state index in [0.717, 1.165) is 0 Å². The molecule has 0 bridgehead atoms. The van der Waals surface area contributed by atoms with Gasteiger partial charge in [-0.15, -0.1) is 11.8 Å². The Morgan fingerprint density at radius 3 is 2.62 bits per heavy atom. The molecule has 13 heavy (non-hydrogen) atoms. The van der Waals surface area contributed by atoms with Crippen molar-refractivity contribution >= 4 is 11.8 Å². The van der Waals surface area contributed by atoms with Crippen LogP contribution >= 0.6 is 11.8 Å². The van der Waals surface area contributed by atoms with Gasteiger partial charge in [-0.05, 0) is 32.9 Å². The van der Waals surface area contributed by atoms with Gasteiger partial charge in [0, 0.05) is 16.2 Å². The second-order valence-electron chi connectivity index (χ2n) is 3.88. The summed E-state index contributed by atoms with van der Waals surface area (Å²) in [5, 5.41) is 0. The van der Waals surface area contributed by atoms with E-state index < -0.39 is 0 Å². The van der Waals surface area contributed by atoms with Gasteiger partial charge in [0.1, 0.15) is 0 Å². The van der Waals surface area contributed by atoms with Gasteiger partial charge in [0.05, 0.1) is 0 Å². The van der Waals surface area contributed by atoms with E-state index in [4.69, 9.17) is 5.73 Å². The second kappa shape index (κ2) is 4.16. The van der Waals surface area contributed by atoms with Crippen LogP contribution in [0.1, 0.15) is 19.4 Å². The molecule has 0 aliphatic heterocycles.